The van der Waals surface area contributed by atoms with E-state index in [-0.39, 0.29) is 28.9 Å². The van der Waals surface area contributed by atoms with E-state index in [1.807, 2.05) is 18.2 Å². The van der Waals surface area contributed by atoms with Gasteiger partial charge in [0.2, 0.25) is 5.76 Å². The number of rotatable bonds is 6. The molecule has 0 N–H and O–H groups in total. The van der Waals surface area contributed by atoms with E-state index in [1.165, 1.54) is 33.8 Å². The summed E-state index contributed by atoms with van der Waals surface area (Å²) in [4.78, 5) is 44.4. The minimum Gasteiger partial charge on any atom is -0.463 e. The molecule has 2 aromatic carbocycles. The molecule has 41 heavy (non-hydrogen) atoms. The van der Waals surface area contributed by atoms with Crippen LogP contribution in [-0.2, 0) is 14.9 Å². The monoisotopic (exact) mass is 570 g/mol. The Morgan fingerprint density at radius 2 is 1.76 bits per heavy atom. The Labute approximate surface area is 240 Å². The first-order valence-corrected chi connectivity index (χ1v) is 14.0. The molecule has 4 aromatic rings. The standard InChI is InChI=1S/C32H30N2O6S/c1-6-38-30(37)26-19(2)33-31-34(28(35)25(41-31)18-20-9-13-22(14-10-20)32(3,4)5)27(26)21-11-15-23(16-12-21)40-29(36)24-8-7-17-39-24/h7-18,27H,6H2,1-5H3/b25-18+. The molecule has 0 saturated heterocycles. The zero-order valence-corrected chi connectivity index (χ0v) is 24.3. The number of fused-ring (bicyclic) bond motifs is 1. The number of hydrogen-bond donors (Lipinski definition) is 0. The summed E-state index contributed by atoms with van der Waals surface area (Å²) >= 11 is 1.27. The molecule has 5 rings (SSSR count). The predicted octanol–water partition coefficient (Wildman–Crippen LogP) is 4.91. The molecule has 1 aliphatic heterocycles. The number of carbonyl (C=O) groups excluding carboxylic acids is 2. The van der Waals surface area contributed by atoms with E-state index in [9.17, 15) is 14.4 Å². The van der Waals surface area contributed by atoms with Crippen molar-refractivity contribution in [2.24, 2.45) is 4.99 Å². The van der Waals surface area contributed by atoms with E-state index in [2.05, 4.69) is 37.9 Å². The van der Waals surface area contributed by atoms with Crippen LogP contribution in [0.3, 0.4) is 0 Å². The lowest BCUT2D eigenvalue weighted by molar-refractivity contribution is -0.139. The zero-order valence-electron chi connectivity index (χ0n) is 23.5. The number of carbonyl (C=O) groups is 2. The first kappa shape index (κ1) is 28.0. The molecule has 1 unspecified atom stereocenters. The lowest BCUT2D eigenvalue weighted by Gasteiger charge is -2.24. The molecule has 9 heteroatoms. The maximum Gasteiger partial charge on any atom is 0.379 e. The van der Waals surface area contributed by atoms with Gasteiger partial charge in [0.25, 0.3) is 5.56 Å². The smallest absolute Gasteiger partial charge is 0.379 e. The third-order valence-electron chi connectivity index (χ3n) is 6.72. The van der Waals surface area contributed by atoms with Gasteiger partial charge >= 0.3 is 11.9 Å². The van der Waals surface area contributed by atoms with Gasteiger partial charge in [0.1, 0.15) is 5.75 Å². The summed E-state index contributed by atoms with van der Waals surface area (Å²) in [5, 5.41) is 0. The second-order valence-corrected chi connectivity index (χ2v) is 11.6. The molecular weight excluding hydrogens is 540 g/mol. The molecule has 0 radical (unpaired) electrons. The predicted molar refractivity (Wildman–Crippen MR) is 156 cm³/mol. The number of aromatic nitrogens is 1. The number of thiazole rings is 1. The summed E-state index contributed by atoms with van der Waals surface area (Å²) in [6.07, 6.45) is 3.23. The van der Waals surface area contributed by atoms with Crippen LogP contribution in [0.2, 0.25) is 0 Å². The fourth-order valence-electron chi connectivity index (χ4n) is 4.61. The lowest BCUT2D eigenvalue weighted by atomic mass is 9.87. The third kappa shape index (κ3) is 5.71. The van der Waals surface area contributed by atoms with Crippen molar-refractivity contribution in [3.8, 4) is 5.75 Å². The van der Waals surface area contributed by atoms with Crippen molar-refractivity contribution in [2.45, 2.75) is 46.1 Å². The van der Waals surface area contributed by atoms with Crippen LogP contribution in [-0.4, -0.2) is 23.1 Å². The summed E-state index contributed by atoms with van der Waals surface area (Å²) in [6.45, 7) is 10.1. The molecule has 0 spiro atoms. The third-order valence-corrected chi connectivity index (χ3v) is 7.70. The summed E-state index contributed by atoms with van der Waals surface area (Å²) in [7, 11) is 0. The number of allylic oxidation sites excluding steroid dienone is 1. The normalized spacial score (nSPS) is 15.3. The Balaban J connectivity index is 1.57. The van der Waals surface area contributed by atoms with Crippen LogP contribution in [0, 0.1) is 0 Å². The molecule has 8 nitrogen and oxygen atoms in total. The highest BCUT2D eigenvalue weighted by Crippen LogP contribution is 2.32. The van der Waals surface area contributed by atoms with Crippen molar-refractivity contribution in [3.05, 3.63) is 120 Å². The average molecular weight is 571 g/mol. The van der Waals surface area contributed by atoms with Crippen LogP contribution in [0.1, 0.15) is 67.9 Å². The van der Waals surface area contributed by atoms with Gasteiger partial charge in [-0.2, -0.15) is 0 Å². The van der Waals surface area contributed by atoms with Crippen LogP contribution in [0.25, 0.3) is 6.08 Å². The second-order valence-electron chi connectivity index (χ2n) is 10.6. The van der Waals surface area contributed by atoms with E-state index >= 15 is 0 Å². The largest absolute Gasteiger partial charge is 0.463 e. The first-order chi connectivity index (χ1) is 19.6. The van der Waals surface area contributed by atoms with E-state index in [4.69, 9.17) is 13.9 Å². The molecule has 1 aliphatic rings. The molecule has 0 fully saturated rings. The Hall–Kier alpha value is -4.50. The fourth-order valence-corrected chi connectivity index (χ4v) is 5.65. The van der Waals surface area contributed by atoms with E-state index in [0.717, 1.165) is 5.56 Å². The highest BCUT2D eigenvalue weighted by molar-refractivity contribution is 7.07. The van der Waals surface area contributed by atoms with E-state index in [1.54, 1.807) is 44.2 Å². The van der Waals surface area contributed by atoms with Gasteiger partial charge in [0.05, 0.1) is 34.7 Å². The van der Waals surface area contributed by atoms with Crippen LogP contribution >= 0.6 is 11.3 Å². The summed E-state index contributed by atoms with van der Waals surface area (Å²) < 4.78 is 17.9. The summed E-state index contributed by atoms with van der Waals surface area (Å²) in [5.74, 6) is -0.801. The summed E-state index contributed by atoms with van der Waals surface area (Å²) in [5.41, 5.74) is 3.24. The quantitative estimate of drug-likeness (QED) is 0.241. The molecular formula is C32H30N2O6S. The number of esters is 2. The van der Waals surface area contributed by atoms with Crippen molar-refractivity contribution >= 4 is 29.4 Å². The van der Waals surface area contributed by atoms with E-state index in [0.29, 0.717) is 26.3 Å². The Morgan fingerprint density at radius 3 is 2.37 bits per heavy atom. The fraction of sp³-hybridized carbons (Fsp3) is 0.250. The van der Waals surface area contributed by atoms with Gasteiger partial charge in [-0.1, -0.05) is 68.5 Å². The van der Waals surface area contributed by atoms with Crippen molar-refractivity contribution in [2.75, 3.05) is 6.61 Å². The average Bonchev–Trinajstić information content (AvgIpc) is 3.57. The molecule has 2 aromatic heterocycles. The van der Waals surface area contributed by atoms with Gasteiger partial charge in [-0.05, 0) is 66.3 Å². The molecule has 0 aliphatic carbocycles. The van der Waals surface area contributed by atoms with Gasteiger partial charge in [0, 0.05) is 0 Å². The van der Waals surface area contributed by atoms with Crippen molar-refractivity contribution in [1.82, 2.24) is 4.57 Å². The number of benzene rings is 2. The van der Waals surface area contributed by atoms with Crippen LogP contribution in [0.4, 0.5) is 0 Å². The molecule has 1 atom stereocenters. The lowest BCUT2D eigenvalue weighted by Crippen LogP contribution is -2.39. The topological polar surface area (TPSA) is 100 Å². The van der Waals surface area contributed by atoms with Gasteiger partial charge in [-0.15, -0.1) is 0 Å². The van der Waals surface area contributed by atoms with Crippen LogP contribution in [0.5, 0.6) is 5.75 Å². The molecule has 0 saturated carbocycles. The minimum atomic E-state index is -0.773. The number of ether oxygens (including phenoxy) is 2. The van der Waals surface area contributed by atoms with E-state index < -0.39 is 18.0 Å². The Bertz CT molecular complexity index is 1800. The summed E-state index contributed by atoms with van der Waals surface area (Å²) in [6, 6.07) is 17.1. The highest BCUT2D eigenvalue weighted by Gasteiger charge is 2.33. The number of furan rings is 1. The van der Waals surface area contributed by atoms with Gasteiger partial charge < -0.3 is 13.9 Å². The van der Waals surface area contributed by atoms with Crippen molar-refractivity contribution in [3.63, 3.8) is 0 Å². The minimum absolute atomic E-state index is 0.0194. The van der Waals surface area contributed by atoms with Gasteiger partial charge in [-0.3, -0.25) is 9.36 Å². The Kier molecular flexibility index (Phi) is 7.64. The SMILES string of the molecule is CCOC(=O)C1=C(C)N=c2s/c(=C/c3ccc(C(C)(C)C)cc3)c(=O)n2C1c1ccc(OC(=O)c2ccco2)cc1. The van der Waals surface area contributed by atoms with Gasteiger partial charge in [-0.25, -0.2) is 14.6 Å². The molecule has 210 valence electrons. The van der Waals surface area contributed by atoms with Crippen LogP contribution in [0.15, 0.2) is 92.4 Å². The molecule has 3 heterocycles. The molecule has 0 bridgehead atoms. The van der Waals surface area contributed by atoms with Crippen molar-refractivity contribution in [1.29, 1.82) is 0 Å². The van der Waals surface area contributed by atoms with Crippen molar-refractivity contribution < 1.29 is 23.5 Å². The van der Waals surface area contributed by atoms with Gasteiger partial charge in [0.15, 0.2) is 4.80 Å². The maximum absolute atomic E-state index is 13.8. The zero-order chi connectivity index (χ0) is 29.3. The second kappa shape index (κ2) is 11.2. The number of hydrogen-bond acceptors (Lipinski definition) is 8. The Morgan fingerprint density at radius 1 is 1.05 bits per heavy atom. The van der Waals surface area contributed by atoms with Crippen LogP contribution < -0.4 is 19.6 Å². The highest BCUT2D eigenvalue weighted by atomic mass is 32.1. The molecule has 0 amide bonds. The maximum atomic E-state index is 13.8. The number of nitrogens with zero attached hydrogens (tertiary/aromatic N) is 2. The first-order valence-electron chi connectivity index (χ1n) is 13.2.